The summed E-state index contributed by atoms with van der Waals surface area (Å²) in [6.07, 6.45) is 1.65. The number of nitrogens with zero attached hydrogens (tertiary/aromatic N) is 3. The van der Waals surface area contributed by atoms with Crippen LogP contribution in [0.15, 0.2) is 60.8 Å². The largest absolute Gasteiger partial charge is 0.454 e. The first-order valence-corrected chi connectivity index (χ1v) is 11.7. The predicted molar refractivity (Wildman–Crippen MR) is 130 cm³/mol. The van der Waals surface area contributed by atoms with Crippen molar-refractivity contribution in [1.82, 2.24) is 20.5 Å². The van der Waals surface area contributed by atoms with E-state index in [0.717, 1.165) is 5.56 Å². The molecule has 3 aromatic rings. The summed E-state index contributed by atoms with van der Waals surface area (Å²) in [5.41, 5.74) is 2.07. The average Bonchev–Trinajstić information content (AvgIpc) is 3.38. The second-order valence-corrected chi connectivity index (χ2v) is 8.51. The van der Waals surface area contributed by atoms with Crippen LogP contribution in [0, 0.1) is 5.82 Å². The molecule has 10 heteroatoms. The van der Waals surface area contributed by atoms with Gasteiger partial charge in [-0.25, -0.2) is 14.2 Å². The fourth-order valence-electron chi connectivity index (χ4n) is 4.21. The van der Waals surface area contributed by atoms with E-state index in [-0.39, 0.29) is 31.1 Å². The number of hydrogen-bond acceptors (Lipinski definition) is 6. The van der Waals surface area contributed by atoms with E-state index in [1.165, 1.54) is 12.1 Å². The van der Waals surface area contributed by atoms with Gasteiger partial charge in [0.25, 0.3) is 5.91 Å². The third-order valence-corrected chi connectivity index (χ3v) is 6.12. The third kappa shape index (κ3) is 5.32. The molecule has 2 aromatic carbocycles. The Kier molecular flexibility index (Phi) is 6.83. The molecule has 1 aromatic heterocycles. The van der Waals surface area contributed by atoms with E-state index >= 15 is 0 Å². The van der Waals surface area contributed by atoms with Crippen molar-refractivity contribution in [2.75, 3.05) is 37.9 Å². The molecule has 2 aliphatic rings. The highest BCUT2D eigenvalue weighted by Crippen LogP contribution is 2.32. The Bertz CT molecular complexity index is 1260. The maximum Gasteiger partial charge on any atom is 0.317 e. The van der Waals surface area contributed by atoms with Crippen molar-refractivity contribution in [2.24, 2.45) is 0 Å². The number of carbonyl (C=O) groups is 2. The smallest absolute Gasteiger partial charge is 0.317 e. The number of amides is 3. The summed E-state index contributed by atoms with van der Waals surface area (Å²) in [4.78, 5) is 33.7. The standard InChI is InChI=1S/C26H26FN5O4/c27-20-4-1-3-18(13-20)16-30-26(34)32-11-9-31(10-12-32)24-21(5-2-8-28-24)25(33)29-15-19-6-7-22-23(14-19)36-17-35-22/h1-8,13-14H,9-12,15-17H2,(H,29,33)(H,30,34). The SMILES string of the molecule is O=C(NCc1ccc2c(c1)OCO2)c1cccnc1N1CCN(C(=O)NCc2cccc(F)c2)CC1. The predicted octanol–water partition coefficient (Wildman–Crippen LogP) is 2.91. The molecule has 3 heterocycles. The van der Waals surface area contributed by atoms with Gasteiger partial charge in [0.05, 0.1) is 5.56 Å². The van der Waals surface area contributed by atoms with E-state index < -0.39 is 0 Å². The highest BCUT2D eigenvalue weighted by Gasteiger charge is 2.25. The molecule has 36 heavy (non-hydrogen) atoms. The van der Waals surface area contributed by atoms with Crippen molar-refractivity contribution in [2.45, 2.75) is 13.1 Å². The number of ether oxygens (including phenoxy) is 2. The molecule has 0 atom stereocenters. The summed E-state index contributed by atoms with van der Waals surface area (Å²) in [7, 11) is 0. The second-order valence-electron chi connectivity index (χ2n) is 8.51. The maximum atomic E-state index is 13.3. The van der Waals surface area contributed by atoms with Crippen LogP contribution in [0.4, 0.5) is 15.0 Å². The van der Waals surface area contributed by atoms with Crippen molar-refractivity contribution in [3.63, 3.8) is 0 Å². The molecular weight excluding hydrogens is 465 g/mol. The number of anilines is 1. The number of fused-ring (bicyclic) bond motifs is 1. The first-order valence-electron chi connectivity index (χ1n) is 11.7. The van der Waals surface area contributed by atoms with E-state index in [1.54, 1.807) is 35.4 Å². The molecule has 3 amide bonds. The lowest BCUT2D eigenvalue weighted by Crippen LogP contribution is -2.52. The number of carbonyl (C=O) groups excluding carboxylic acids is 2. The van der Waals surface area contributed by atoms with Gasteiger partial charge in [-0.1, -0.05) is 18.2 Å². The normalized spacial score (nSPS) is 14.5. The van der Waals surface area contributed by atoms with E-state index in [0.29, 0.717) is 61.2 Å². The summed E-state index contributed by atoms with van der Waals surface area (Å²) in [5, 5.41) is 5.78. The molecule has 186 valence electrons. The van der Waals surface area contributed by atoms with Crippen LogP contribution in [0.1, 0.15) is 21.5 Å². The fourth-order valence-corrected chi connectivity index (χ4v) is 4.21. The molecule has 0 unspecified atom stereocenters. The van der Waals surface area contributed by atoms with Crippen LogP contribution in [0.5, 0.6) is 11.5 Å². The molecule has 5 rings (SSSR count). The Morgan fingerprint density at radius 1 is 0.889 bits per heavy atom. The van der Waals surface area contributed by atoms with Crippen LogP contribution < -0.4 is 25.0 Å². The van der Waals surface area contributed by atoms with Crippen molar-refractivity contribution in [1.29, 1.82) is 0 Å². The molecule has 0 bridgehead atoms. The maximum absolute atomic E-state index is 13.3. The monoisotopic (exact) mass is 491 g/mol. The molecule has 0 spiro atoms. The fraction of sp³-hybridized carbons (Fsp3) is 0.269. The number of hydrogen-bond donors (Lipinski definition) is 2. The first kappa shape index (κ1) is 23.4. The number of piperazine rings is 1. The lowest BCUT2D eigenvalue weighted by atomic mass is 10.1. The zero-order chi connectivity index (χ0) is 24.9. The minimum atomic E-state index is -0.332. The number of nitrogens with one attached hydrogen (secondary N) is 2. The van der Waals surface area contributed by atoms with Gasteiger partial charge in [-0.15, -0.1) is 0 Å². The van der Waals surface area contributed by atoms with E-state index in [9.17, 15) is 14.0 Å². The Morgan fingerprint density at radius 2 is 1.67 bits per heavy atom. The Labute approximate surface area is 207 Å². The number of aromatic nitrogens is 1. The van der Waals surface area contributed by atoms with Crippen LogP contribution in [-0.2, 0) is 13.1 Å². The number of urea groups is 1. The molecular formula is C26H26FN5O4. The van der Waals surface area contributed by atoms with E-state index in [4.69, 9.17) is 9.47 Å². The highest BCUT2D eigenvalue weighted by atomic mass is 19.1. The van der Waals surface area contributed by atoms with Gasteiger partial charge in [0.2, 0.25) is 6.79 Å². The van der Waals surface area contributed by atoms with Crippen molar-refractivity contribution < 1.29 is 23.5 Å². The lowest BCUT2D eigenvalue weighted by Gasteiger charge is -2.36. The topological polar surface area (TPSA) is 96.0 Å². The number of pyridine rings is 1. The van der Waals surface area contributed by atoms with Gasteiger partial charge in [-0.3, -0.25) is 4.79 Å². The molecule has 1 fully saturated rings. The van der Waals surface area contributed by atoms with Crippen LogP contribution in [0.3, 0.4) is 0 Å². The average molecular weight is 492 g/mol. The zero-order valence-electron chi connectivity index (χ0n) is 19.6. The Hall–Kier alpha value is -4.34. The summed E-state index contributed by atoms with van der Waals surface area (Å²) in [6.45, 7) is 2.81. The third-order valence-electron chi connectivity index (χ3n) is 6.12. The minimum Gasteiger partial charge on any atom is -0.454 e. The van der Waals surface area contributed by atoms with Crippen molar-refractivity contribution in [3.8, 4) is 11.5 Å². The second kappa shape index (κ2) is 10.5. The quantitative estimate of drug-likeness (QED) is 0.551. The van der Waals surface area contributed by atoms with Crippen LogP contribution in [-0.4, -0.2) is 54.8 Å². The molecule has 0 radical (unpaired) electrons. The number of rotatable bonds is 6. The van der Waals surface area contributed by atoms with Gasteiger partial charge >= 0.3 is 6.03 Å². The van der Waals surface area contributed by atoms with Crippen LogP contribution in [0.2, 0.25) is 0 Å². The zero-order valence-corrected chi connectivity index (χ0v) is 19.6. The molecule has 0 saturated carbocycles. The summed E-state index contributed by atoms with van der Waals surface area (Å²) in [6, 6.07) is 15.0. The van der Waals surface area contributed by atoms with Gasteiger partial charge in [0.1, 0.15) is 11.6 Å². The number of halogens is 1. The van der Waals surface area contributed by atoms with Gasteiger partial charge < -0.3 is 29.9 Å². The Morgan fingerprint density at radius 3 is 2.50 bits per heavy atom. The van der Waals surface area contributed by atoms with E-state index in [2.05, 4.69) is 15.6 Å². The minimum absolute atomic E-state index is 0.201. The molecule has 2 aliphatic heterocycles. The molecule has 9 nitrogen and oxygen atoms in total. The van der Waals surface area contributed by atoms with Crippen molar-refractivity contribution >= 4 is 17.8 Å². The summed E-state index contributed by atoms with van der Waals surface area (Å²) in [5.74, 6) is 1.39. The van der Waals surface area contributed by atoms with Gasteiger partial charge in [-0.05, 0) is 47.5 Å². The van der Waals surface area contributed by atoms with Gasteiger partial charge in [0, 0.05) is 45.5 Å². The lowest BCUT2D eigenvalue weighted by molar-refractivity contribution is 0.0950. The Balaban J connectivity index is 1.16. The molecule has 2 N–H and O–H groups in total. The van der Waals surface area contributed by atoms with Crippen LogP contribution >= 0.6 is 0 Å². The van der Waals surface area contributed by atoms with Crippen molar-refractivity contribution in [3.05, 3.63) is 83.3 Å². The molecule has 0 aliphatic carbocycles. The van der Waals surface area contributed by atoms with Gasteiger partial charge in [0.15, 0.2) is 11.5 Å². The highest BCUT2D eigenvalue weighted by molar-refractivity contribution is 5.98. The summed E-state index contributed by atoms with van der Waals surface area (Å²) >= 11 is 0. The number of benzene rings is 2. The molecule has 1 saturated heterocycles. The van der Waals surface area contributed by atoms with Gasteiger partial charge in [-0.2, -0.15) is 0 Å². The first-order chi connectivity index (χ1) is 17.6. The van der Waals surface area contributed by atoms with E-state index in [1.807, 2.05) is 23.1 Å². The summed E-state index contributed by atoms with van der Waals surface area (Å²) < 4.78 is 24.1. The van der Waals surface area contributed by atoms with Crippen LogP contribution in [0.25, 0.3) is 0 Å².